The van der Waals surface area contributed by atoms with Crippen molar-refractivity contribution in [2.75, 3.05) is 18.0 Å². The molecule has 1 aliphatic rings. The van der Waals surface area contributed by atoms with E-state index in [1.54, 1.807) is 0 Å². The van der Waals surface area contributed by atoms with Gasteiger partial charge in [-0.1, -0.05) is 19.1 Å². The van der Waals surface area contributed by atoms with Crippen LogP contribution in [0.4, 0.5) is 5.69 Å². The number of aryl methyl sites for hydroxylation is 1. The third kappa shape index (κ3) is 3.05. The summed E-state index contributed by atoms with van der Waals surface area (Å²) >= 11 is 0. The van der Waals surface area contributed by atoms with E-state index in [0.717, 1.165) is 25.9 Å². The monoisotopic (exact) mass is 247 g/mol. The molecular weight excluding hydrogens is 222 g/mol. The zero-order valence-electron chi connectivity index (χ0n) is 11.8. The summed E-state index contributed by atoms with van der Waals surface area (Å²) in [6.45, 7) is 8.12. The quantitative estimate of drug-likeness (QED) is 0.886. The number of nitrogens with zero attached hydrogens (tertiary/aromatic N) is 1. The summed E-state index contributed by atoms with van der Waals surface area (Å²) < 4.78 is 0. The van der Waals surface area contributed by atoms with Gasteiger partial charge in [-0.05, 0) is 50.8 Å². The van der Waals surface area contributed by atoms with Gasteiger partial charge >= 0.3 is 0 Å². The zero-order valence-corrected chi connectivity index (χ0v) is 11.8. The highest BCUT2D eigenvalue weighted by atomic mass is 16.3. The molecule has 0 saturated carbocycles. The van der Waals surface area contributed by atoms with Gasteiger partial charge < -0.3 is 10.0 Å². The van der Waals surface area contributed by atoms with E-state index >= 15 is 0 Å². The second-order valence-electron chi connectivity index (χ2n) is 5.96. The van der Waals surface area contributed by atoms with Crippen LogP contribution >= 0.6 is 0 Å². The second-order valence-corrected chi connectivity index (χ2v) is 5.96. The lowest BCUT2D eigenvalue weighted by atomic mass is 9.84. The van der Waals surface area contributed by atoms with E-state index in [-0.39, 0.29) is 0 Å². The molecule has 1 aromatic rings. The Hall–Kier alpha value is -1.02. The minimum atomic E-state index is -0.567. The van der Waals surface area contributed by atoms with Gasteiger partial charge in [0, 0.05) is 24.7 Å². The van der Waals surface area contributed by atoms with Crippen molar-refractivity contribution in [3.05, 3.63) is 29.8 Å². The van der Waals surface area contributed by atoms with Gasteiger partial charge in [0.15, 0.2) is 0 Å². The first-order valence-electron chi connectivity index (χ1n) is 7.07. The molecule has 1 aromatic carbocycles. The fraction of sp³-hybridized carbons (Fsp3) is 0.625. The minimum absolute atomic E-state index is 0.372. The highest BCUT2D eigenvalue weighted by Gasteiger charge is 2.31. The molecule has 1 saturated heterocycles. The molecule has 0 bridgehead atoms. The average molecular weight is 247 g/mol. The van der Waals surface area contributed by atoms with Crippen molar-refractivity contribution < 1.29 is 5.11 Å². The number of piperidine rings is 1. The Balaban J connectivity index is 2.08. The first kappa shape index (κ1) is 13.4. The normalized spacial score (nSPS) is 21.1. The van der Waals surface area contributed by atoms with E-state index in [2.05, 4.69) is 36.1 Å². The van der Waals surface area contributed by atoms with Gasteiger partial charge in [0.1, 0.15) is 0 Å². The summed E-state index contributed by atoms with van der Waals surface area (Å²) in [7, 11) is 0. The molecule has 1 N–H and O–H groups in total. The van der Waals surface area contributed by atoms with Gasteiger partial charge in [-0.25, -0.2) is 0 Å². The minimum Gasteiger partial charge on any atom is -0.390 e. The molecule has 0 aliphatic carbocycles. The number of rotatable bonds is 3. The van der Waals surface area contributed by atoms with Gasteiger partial charge in [0.05, 0.1) is 5.60 Å². The third-order valence-electron chi connectivity index (χ3n) is 4.13. The molecule has 2 rings (SSSR count). The fourth-order valence-electron chi connectivity index (χ4n) is 2.73. The van der Waals surface area contributed by atoms with Crippen LogP contribution in [0.5, 0.6) is 0 Å². The highest BCUT2D eigenvalue weighted by Crippen LogP contribution is 2.29. The first-order valence-corrected chi connectivity index (χ1v) is 7.07. The van der Waals surface area contributed by atoms with Gasteiger partial charge in [0.25, 0.3) is 0 Å². The molecule has 0 amide bonds. The third-order valence-corrected chi connectivity index (χ3v) is 4.13. The molecule has 2 nitrogen and oxygen atoms in total. The maximum absolute atomic E-state index is 10.2. The van der Waals surface area contributed by atoms with Gasteiger partial charge in [-0.15, -0.1) is 0 Å². The maximum atomic E-state index is 10.2. The van der Waals surface area contributed by atoms with E-state index < -0.39 is 5.60 Å². The van der Waals surface area contributed by atoms with Crippen molar-refractivity contribution in [2.24, 2.45) is 5.92 Å². The van der Waals surface area contributed by atoms with Crippen LogP contribution in [-0.4, -0.2) is 23.8 Å². The summed E-state index contributed by atoms with van der Waals surface area (Å²) in [6.07, 6.45) is 3.39. The van der Waals surface area contributed by atoms with E-state index in [1.165, 1.54) is 17.7 Å². The second kappa shape index (κ2) is 5.31. The summed E-state index contributed by atoms with van der Waals surface area (Å²) in [4.78, 5) is 2.41. The molecule has 18 heavy (non-hydrogen) atoms. The van der Waals surface area contributed by atoms with Crippen LogP contribution in [0.2, 0.25) is 0 Å². The molecular formula is C16H25NO. The number of hydrogen-bond donors (Lipinski definition) is 1. The van der Waals surface area contributed by atoms with Crippen LogP contribution in [-0.2, 0) is 6.42 Å². The molecule has 1 unspecified atom stereocenters. The topological polar surface area (TPSA) is 23.5 Å². The summed E-state index contributed by atoms with van der Waals surface area (Å²) in [5.41, 5.74) is 2.11. The van der Waals surface area contributed by atoms with Crippen LogP contribution in [0, 0.1) is 5.92 Å². The molecule has 2 heteroatoms. The standard InChI is InChI=1S/C16H25NO/c1-4-13-7-9-15(10-8-13)17-11-5-6-14(12-17)16(2,3)18/h7-10,14,18H,4-6,11-12H2,1-3H3. The molecule has 1 atom stereocenters. The smallest absolute Gasteiger partial charge is 0.0636 e. The molecule has 1 fully saturated rings. The van der Waals surface area contributed by atoms with Crippen molar-refractivity contribution in [1.29, 1.82) is 0 Å². The van der Waals surface area contributed by atoms with Crippen LogP contribution in [0.1, 0.15) is 39.2 Å². The van der Waals surface area contributed by atoms with Crippen LogP contribution in [0.25, 0.3) is 0 Å². The van der Waals surface area contributed by atoms with Crippen LogP contribution in [0.15, 0.2) is 24.3 Å². The zero-order chi connectivity index (χ0) is 13.2. The predicted molar refractivity (Wildman–Crippen MR) is 77.1 cm³/mol. The molecule has 0 aromatic heterocycles. The van der Waals surface area contributed by atoms with E-state index in [9.17, 15) is 5.11 Å². The first-order chi connectivity index (χ1) is 8.50. The van der Waals surface area contributed by atoms with Gasteiger partial charge in [-0.2, -0.15) is 0 Å². The molecule has 1 heterocycles. The Morgan fingerprint density at radius 2 is 1.94 bits per heavy atom. The Morgan fingerprint density at radius 1 is 1.28 bits per heavy atom. The lowest BCUT2D eigenvalue weighted by molar-refractivity contribution is 0.0110. The van der Waals surface area contributed by atoms with Crippen LogP contribution in [0.3, 0.4) is 0 Å². The van der Waals surface area contributed by atoms with Crippen molar-refractivity contribution in [3.63, 3.8) is 0 Å². The van der Waals surface area contributed by atoms with Crippen molar-refractivity contribution in [3.8, 4) is 0 Å². The van der Waals surface area contributed by atoms with Crippen molar-refractivity contribution in [2.45, 2.75) is 45.6 Å². The van der Waals surface area contributed by atoms with Crippen LogP contribution < -0.4 is 4.90 Å². The lowest BCUT2D eigenvalue weighted by Gasteiger charge is -2.39. The van der Waals surface area contributed by atoms with E-state index in [4.69, 9.17) is 0 Å². The number of benzene rings is 1. The van der Waals surface area contributed by atoms with E-state index in [1.807, 2.05) is 13.8 Å². The lowest BCUT2D eigenvalue weighted by Crippen LogP contribution is -2.44. The Bertz CT molecular complexity index is 377. The van der Waals surface area contributed by atoms with Gasteiger partial charge in [0.2, 0.25) is 0 Å². The Labute approximate surface area is 111 Å². The summed E-state index contributed by atoms with van der Waals surface area (Å²) in [5.74, 6) is 0.372. The molecule has 100 valence electrons. The highest BCUT2D eigenvalue weighted by molar-refractivity contribution is 5.48. The number of anilines is 1. The van der Waals surface area contributed by atoms with Gasteiger partial charge in [-0.3, -0.25) is 0 Å². The molecule has 1 aliphatic heterocycles. The predicted octanol–water partition coefficient (Wildman–Crippen LogP) is 3.24. The Morgan fingerprint density at radius 3 is 2.50 bits per heavy atom. The fourth-order valence-corrected chi connectivity index (χ4v) is 2.73. The number of hydrogen-bond acceptors (Lipinski definition) is 2. The van der Waals surface area contributed by atoms with E-state index in [0.29, 0.717) is 5.92 Å². The summed E-state index contributed by atoms with van der Waals surface area (Å²) in [6, 6.07) is 8.85. The summed E-state index contributed by atoms with van der Waals surface area (Å²) in [5, 5.41) is 10.2. The largest absolute Gasteiger partial charge is 0.390 e. The molecule has 0 spiro atoms. The maximum Gasteiger partial charge on any atom is 0.0636 e. The average Bonchev–Trinajstić information content (AvgIpc) is 2.38. The van der Waals surface area contributed by atoms with Crippen molar-refractivity contribution >= 4 is 5.69 Å². The Kier molecular flexibility index (Phi) is 3.96. The molecule has 0 radical (unpaired) electrons. The SMILES string of the molecule is CCc1ccc(N2CCCC(C(C)(C)O)C2)cc1. The number of aliphatic hydroxyl groups is 1. The van der Waals surface area contributed by atoms with Crippen molar-refractivity contribution in [1.82, 2.24) is 0 Å².